The summed E-state index contributed by atoms with van der Waals surface area (Å²) >= 11 is 1.75. The normalized spacial score (nSPS) is 19.6. The Hall–Kier alpha value is -0.980. The van der Waals surface area contributed by atoms with Crippen molar-refractivity contribution in [3.05, 3.63) is 15.6 Å². The van der Waals surface area contributed by atoms with Gasteiger partial charge in [-0.3, -0.25) is 9.69 Å². The molecule has 1 aromatic rings. The van der Waals surface area contributed by atoms with E-state index in [4.69, 9.17) is 4.74 Å². The molecule has 22 heavy (non-hydrogen) atoms. The number of thiazole rings is 1. The number of carbonyl (C=O) groups is 1. The Kier molecular flexibility index (Phi) is 6.35. The molecule has 0 aromatic carbocycles. The molecule has 0 spiro atoms. The molecule has 6 heteroatoms. The Balaban J connectivity index is 1.83. The van der Waals surface area contributed by atoms with Gasteiger partial charge in [0.05, 0.1) is 23.4 Å². The number of amides is 1. The molecule has 5 nitrogen and oxygen atoms in total. The topological polar surface area (TPSA) is 54.5 Å². The summed E-state index contributed by atoms with van der Waals surface area (Å²) in [4.78, 5) is 20.0. The molecule has 0 bridgehead atoms. The summed E-state index contributed by atoms with van der Waals surface area (Å²) in [5.41, 5.74) is 1.08. The summed E-state index contributed by atoms with van der Waals surface area (Å²) in [5.74, 6) is 0.0581. The number of hydrogen-bond acceptors (Lipinski definition) is 5. The summed E-state index contributed by atoms with van der Waals surface area (Å²) in [6.07, 6.45) is 3.31. The molecule has 2 atom stereocenters. The van der Waals surface area contributed by atoms with Crippen molar-refractivity contribution in [2.45, 2.75) is 52.2 Å². The minimum absolute atomic E-state index is 0.0581. The molecule has 1 aliphatic rings. The van der Waals surface area contributed by atoms with Crippen LogP contribution in [0.2, 0.25) is 0 Å². The van der Waals surface area contributed by atoms with Crippen LogP contribution in [0.1, 0.15) is 48.3 Å². The Morgan fingerprint density at radius 3 is 2.95 bits per heavy atom. The molecule has 0 radical (unpaired) electrons. The summed E-state index contributed by atoms with van der Waals surface area (Å²) in [7, 11) is 1.99. The third-order valence-electron chi connectivity index (χ3n) is 4.16. The van der Waals surface area contributed by atoms with Crippen molar-refractivity contribution >= 4 is 17.2 Å². The lowest BCUT2D eigenvalue weighted by Crippen LogP contribution is -2.39. The molecule has 0 unspecified atom stereocenters. The second kappa shape index (κ2) is 8.04. The first-order valence-corrected chi connectivity index (χ1v) is 8.87. The fourth-order valence-corrected chi connectivity index (χ4v) is 3.78. The van der Waals surface area contributed by atoms with Crippen LogP contribution in [0.5, 0.6) is 0 Å². The van der Waals surface area contributed by atoms with E-state index in [0.29, 0.717) is 13.1 Å². The lowest BCUT2D eigenvalue weighted by atomic mass is 10.2. The lowest BCUT2D eigenvalue weighted by molar-refractivity contribution is -0.122. The SMILES string of the molecule is CCc1nc(C)c([C@@H](C)N(C)CC(=O)NC[C@H]2CCCO2)s1. The minimum atomic E-state index is 0.0581. The number of likely N-dealkylation sites (N-methyl/N-ethyl adjacent to an activating group) is 1. The van der Waals surface area contributed by atoms with E-state index < -0.39 is 0 Å². The average molecular weight is 325 g/mol. The molecule has 1 saturated heterocycles. The van der Waals surface area contributed by atoms with Crippen LogP contribution in [0.4, 0.5) is 0 Å². The zero-order valence-corrected chi connectivity index (χ0v) is 14.8. The van der Waals surface area contributed by atoms with Gasteiger partial charge in [-0.15, -0.1) is 11.3 Å². The maximum absolute atomic E-state index is 12.1. The third kappa shape index (κ3) is 4.51. The van der Waals surface area contributed by atoms with Crippen LogP contribution in [0.25, 0.3) is 0 Å². The number of rotatable bonds is 7. The predicted octanol–water partition coefficient (Wildman–Crippen LogP) is 2.30. The van der Waals surface area contributed by atoms with E-state index in [1.807, 2.05) is 14.0 Å². The zero-order valence-electron chi connectivity index (χ0n) is 14.0. The molecule has 1 aliphatic heterocycles. The number of nitrogens with zero attached hydrogens (tertiary/aromatic N) is 2. The van der Waals surface area contributed by atoms with Crippen molar-refractivity contribution in [3.63, 3.8) is 0 Å². The maximum Gasteiger partial charge on any atom is 0.234 e. The molecular formula is C16H27N3O2S. The van der Waals surface area contributed by atoms with Gasteiger partial charge in [0.25, 0.3) is 0 Å². The van der Waals surface area contributed by atoms with E-state index in [1.54, 1.807) is 11.3 Å². The van der Waals surface area contributed by atoms with Gasteiger partial charge < -0.3 is 10.1 Å². The van der Waals surface area contributed by atoms with Crippen molar-refractivity contribution in [2.24, 2.45) is 0 Å². The highest BCUT2D eigenvalue weighted by Gasteiger charge is 2.21. The van der Waals surface area contributed by atoms with Crippen LogP contribution >= 0.6 is 11.3 Å². The highest BCUT2D eigenvalue weighted by Crippen LogP contribution is 2.28. The Morgan fingerprint density at radius 2 is 2.36 bits per heavy atom. The predicted molar refractivity (Wildman–Crippen MR) is 89.3 cm³/mol. The number of ether oxygens (including phenoxy) is 1. The van der Waals surface area contributed by atoms with Crippen LogP contribution < -0.4 is 5.32 Å². The molecule has 1 amide bonds. The second-order valence-electron chi connectivity index (χ2n) is 5.94. The largest absolute Gasteiger partial charge is 0.376 e. The van der Waals surface area contributed by atoms with Crippen molar-refractivity contribution in [1.82, 2.24) is 15.2 Å². The van der Waals surface area contributed by atoms with E-state index in [9.17, 15) is 4.79 Å². The molecule has 0 aliphatic carbocycles. The molecule has 0 saturated carbocycles. The van der Waals surface area contributed by atoms with Gasteiger partial charge in [0, 0.05) is 24.1 Å². The Morgan fingerprint density at radius 1 is 1.59 bits per heavy atom. The van der Waals surface area contributed by atoms with Crippen molar-refractivity contribution < 1.29 is 9.53 Å². The number of nitrogens with one attached hydrogen (secondary N) is 1. The molecule has 1 fully saturated rings. The fraction of sp³-hybridized carbons (Fsp3) is 0.750. The second-order valence-corrected chi connectivity index (χ2v) is 7.06. The molecule has 124 valence electrons. The van der Waals surface area contributed by atoms with E-state index in [2.05, 4.69) is 29.0 Å². The van der Waals surface area contributed by atoms with Gasteiger partial charge in [0.15, 0.2) is 0 Å². The van der Waals surface area contributed by atoms with Crippen molar-refractivity contribution in [1.29, 1.82) is 0 Å². The summed E-state index contributed by atoms with van der Waals surface area (Å²) < 4.78 is 5.52. The van der Waals surface area contributed by atoms with E-state index in [-0.39, 0.29) is 18.1 Å². The molecular weight excluding hydrogens is 298 g/mol. The quantitative estimate of drug-likeness (QED) is 0.836. The maximum atomic E-state index is 12.1. The smallest absolute Gasteiger partial charge is 0.234 e. The van der Waals surface area contributed by atoms with Crippen LogP contribution in [-0.4, -0.2) is 48.6 Å². The monoisotopic (exact) mass is 325 g/mol. The highest BCUT2D eigenvalue weighted by atomic mass is 32.1. The average Bonchev–Trinajstić information content (AvgIpc) is 3.13. The number of aromatic nitrogens is 1. The van der Waals surface area contributed by atoms with Gasteiger partial charge in [0.1, 0.15) is 0 Å². The van der Waals surface area contributed by atoms with Gasteiger partial charge >= 0.3 is 0 Å². The molecule has 1 N–H and O–H groups in total. The van der Waals surface area contributed by atoms with Gasteiger partial charge in [0.2, 0.25) is 5.91 Å². The highest BCUT2D eigenvalue weighted by molar-refractivity contribution is 7.11. The summed E-state index contributed by atoms with van der Waals surface area (Å²) in [5, 5.41) is 4.14. The Labute approximate surface area is 137 Å². The van der Waals surface area contributed by atoms with Gasteiger partial charge in [-0.1, -0.05) is 6.92 Å². The fourth-order valence-electron chi connectivity index (χ4n) is 2.66. The van der Waals surface area contributed by atoms with Crippen molar-refractivity contribution in [2.75, 3.05) is 26.7 Å². The first-order chi connectivity index (χ1) is 10.5. The zero-order chi connectivity index (χ0) is 16.1. The van der Waals surface area contributed by atoms with E-state index >= 15 is 0 Å². The molecule has 2 rings (SSSR count). The van der Waals surface area contributed by atoms with E-state index in [0.717, 1.165) is 36.6 Å². The lowest BCUT2D eigenvalue weighted by Gasteiger charge is -2.23. The van der Waals surface area contributed by atoms with E-state index in [1.165, 1.54) is 4.88 Å². The van der Waals surface area contributed by atoms with Crippen molar-refractivity contribution in [3.8, 4) is 0 Å². The standard InChI is InChI=1S/C16H27N3O2S/c1-5-15-18-11(2)16(22-15)12(3)19(4)10-14(20)17-9-13-7-6-8-21-13/h12-13H,5-10H2,1-4H3,(H,17,20)/t12-,13-/m1/s1. The summed E-state index contributed by atoms with van der Waals surface area (Å²) in [6, 6.07) is 0.200. The van der Waals surface area contributed by atoms with Gasteiger partial charge in [-0.25, -0.2) is 4.98 Å². The van der Waals surface area contributed by atoms with Crippen LogP contribution in [-0.2, 0) is 16.0 Å². The molecule has 1 aromatic heterocycles. The Bertz CT molecular complexity index is 498. The molecule has 2 heterocycles. The van der Waals surface area contributed by atoms with Crippen LogP contribution in [0.3, 0.4) is 0 Å². The number of carbonyl (C=O) groups excluding carboxylic acids is 1. The minimum Gasteiger partial charge on any atom is -0.376 e. The first-order valence-electron chi connectivity index (χ1n) is 8.06. The van der Waals surface area contributed by atoms with Gasteiger partial charge in [-0.2, -0.15) is 0 Å². The number of aryl methyl sites for hydroxylation is 2. The third-order valence-corrected chi connectivity index (χ3v) is 5.64. The van der Waals surface area contributed by atoms with Crippen LogP contribution in [0, 0.1) is 6.92 Å². The summed E-state index contributed by atoms with van der Waals surface area (Å²) in [6.45, 7) is 8.14. The van der Waals surface area contributed by atoms with Gasteiger partial charge in [-0.05, 0) is 40.2 Å². The number of hydrogen-bond donors (Lipinski definition) is 1. The van der Waals surface area contributed by atoms with Crippen LogP contribution in [0.15, 0.2) is 0 Å². The first kappa shape index (κ1) is 17.4.